The summed E-state index contributed by atoms with van der Waals surface area (Å²) in [6.45, 7) is 3.89. The number of carbonyl (C=O) groups is 1. The van der Waals surface area contributed by atoms with Gasteiger partial charge in [0, 0.05) is 19.0 Å². The van der Waals surface area contributed by atoms with E-state index in [9.17, 15) is 15.2 Å². The fourth-order valence-electron chi connectivity index (χ4n) is 3.87. The SMILES string of the molecule is CC(C#N)(NC(=O)CN1CC2CCC(O)C2C1)C1CC1. The van der Waals surface area contributed by atoms with E-state index in [0.29, 0.717) is 24.3 Å². The van der Waals surface area contributed by atoms with Crippen molar-refractivity contribution < 1.29 is 9.90 Å². The van der Waals surface area contributed by atoms with Crippen LogP contribution in [0.15, 0.2) is 0 Å². The molecule has 0 aromatic carbocycles. The zero-order valence-electron chi connectivity index (χ0n) is 12.0. The van der Waals surface area contributed by atoms with Crippen molar-refractivity contribution in [2.45, 2.75) is 44.2 Å². The van der Waals surface area contributed by atoms with Crippen LogP contribution in [0.25, 0.3) is 0 Å². The van der Waals surface area contributed by atoms with Gasteiger partial charge in [-0.2, -0.15) is 5.26 Å². The lowest BCUT2D eigenvalue weighted by Gasteiger charge is -2.25. The molecule has 4 atom stereocenters. The van der Waals surface area contributed by atoms with Gasteiger partial charge in [-0.1, -0.05) is 0 Å². The van der Waals surface area contributed by atoms with Gasteiger partial charge < -0.3 is 10.4 Å². The highest BCUT2D eigenvalue weighted by molar-refractivity contribution is 5.79. The van der Waals surface area contributed by atoms with Crippen LogP contribution in [0.4, 0.5) is 0 Å². The third-order valence-corrected chi connectivity index (χ3v) is 5.29. The van der Waals surface area contributed by atoms with Crippen LogP contribution in [0.2, 0.25) is 0 Å². The maximum atomic E-state index is 12.1. The Labute approximate surface area is 119 Å². The summed E-state index contributed by atoms with van der Waals surface area (Å²) in [5.74, 6) is 1.14. The average molecular weight is 277 g/mol. The Balaban J connectivity index is 1.52. The highest BCUT2D eigenvalue weighted by Crippen LogP contribution is 2.40. The second kappa shape index (κ2) is 5.01. The molecular formula is C15H23N3O2. The molecule has 110 valence electrons. The molecule has 3 fully saturated rings. The molecule has 0 radical (unpaired) electrons. The molecule has 0 aromatic rings. The molecular weight excluding hydrogens is 254 g/mol. The Bertz CT molecular complexity index is 443. The van der Waals surface area contributed by atoms with Gasteiger partial charge in [0.2, 0.25) is 5.91 Å². The van der Waals surface area contributed by atoms with Crippen LogP contribution >= 0.6 is 0 Å². The van der Waals surface area contributed by atoms with Gasteiger partial charge in [0.25, 0.3) is 0 Å². The van der Waals surface area contributed by atoms with Crippen molar-refractivity contribution in [3.05, 3.63) is 0 Å². The van der Waals surface area contributed by atoms with Crippen molar-refractivity contribution in [1.82, 2.24) is 10.2 Å². The normalized spacial score (nSPS) is 36.1. The number of hydrogen-bond donors (Lipinski definition) is 2. The number of aliphatic hydroxyl groups excluding tert-OH is 1. The number of amides is 1. The third-order valence-electron chi connectivity index (χ3n) is 5.29. The second-order valence-electron chi connectivity index (χ2n) is 6.90. The minimum atomic E-state index is -0.702. The molecule has 20 heavy (non-hydrogen) atoms. The number of likely N-dealkylation sites (tertiary alicyclic amines) is 1. The molecule has 1 saturated heterocycles. The molecule has 0 bridgehead atoms. The predicted octanol–water partition coefficient (Wildman–Crippen LogP) is 0.498. The number of carbonyl (C=O) groups excluding carboxylic acids is 1. The summed E-state index contributed by atoms with van der Waals surface area (Å²) >= 11 is 0. The summed E-state index contributed by atoms with van der Waals surface area (Å²) < 4.78 is 0. The number of hydrogen-bond acceptors (Lipinski definition) is 4. The lowest BCUT2D eigenvalue weighted by molar-refractivity contribution is -0.123. The van der Waals surface area contributed by atoms with E-state index in [4.69, 9.17) is 0 Å². The van der Waals surface area contributed by atoms with Crippen molar-refractivity contribution in [3.8, 4) is 6.07 Å². The molecule has 3 rings (SSSR count). The number of nitriles is 1. The van der Waals surface area contributed by atoms with Crippen LogP contribution in [0, 0.1) is 29.1 Å². The Kier molecular flexibility index (Phi) is 3.47. The number of fused-ring (bicyclic) bond motifs is 1. The maximum Gasteiger partial charge on any atom is 0.235 e. The molecule has 0 aromatic heterocycles. The van der Waals surface area contributed by atoms with Crippen LogP contribution in [-0.4, -0.2) is 47.2 Å². The van der Waals surface area contributed by atoms with Gasteiger partial charge in [-0.25, -0.2) is 0 Å². The van der Waals surface area contributed by atoms with Crippen molar-refractivity contribution in [2.75, 3.05) is 19.6 Å². The molecule has 3 aliphatic rings. The first-order valence-corrected chi connectivity index (χ1v) is 7.64. The molecule has 5 heteroatoms. The lowest BCUT2D eigenvalue weighted by Crippen LogP contribution is -2.50. The quantitative estimate of drug-likeness (QED) is 0.784. The first kappa shape index (κ1) is 13.8. The van der Waals surface area contributed by atoms with E-state index in [-0.39, 0.29) is 12.0 Å². The van der Waals surface area contributed by atoms with Crippen molar-refractivity contribution in [1.29, 1.82) is 5.26 Å². The van der Waals surface area contributed by atoms with Gasteiger partial charge in [0.1, 0.15) is 5.54 Å². The monoisotopic (exact) mass is 277 g/mol. The largest absolute Gasteiger partial charge is 0.393 e. The van der Waals surface area contributed by atoms with Crippen molar-refractivity contribution >= 4 is 5.91 Å². The van der Waals surface area contributed by atoms with Gasteiger partial charge in [-0.3, -0.25) is 9.69 Å². The summed E-state index contributed by atoms with van der Waals surface area (Å²) in [7, 11) is 0. The molecule has 2 aliphatic carbocycles. The lowest BCUT2D eigenvalue weighted by atomic mass is 9.98. The Morgan fingerprint density at radius 2 is 2.15 bits per heavy atom. The fourth-order valence-corrected chi connectivity index (χ4v) is 3.87. The van der Waals surface area contributed by atoms with Gasteiger partial charge in [0.15, 0.2) is 0 Å². The Morgan fingerprint density at radius 3 is 2.75 bits per heavy atom. The van der Waals surface area contributed by atoms with E-state index in [1.165, 1.54) is 0 Å². The van der Waals surface area contributed by atoms with Crippen LogP contribution in [0.3, 0.4) is 0 Å². The van der Waals surface area contributed by atoms with E-state index in [2.05, 4.69) is 16.3 Å². The van der Waals surface area contributed by atoms with E-state index in [1.54, 1.807) is 0 Å². The molecule has 5 nitrogen and oxygen atoms in total. The van der Waals surface area contributed by atoms with Gasteiger partial charge in [-0.15, -0.1) is 0 Å². The number of rotatable bonds is 4. The van der Waals surface area contributed by atoms with Gasteiger partial charge in [-0.05, 0) is 44.4 Å². The Hall–Kier alpha value is -1.12. The minimum Gasteiger partial charge on any atom is -0.393 e. The van der Waals surface area contributed by atoms with E-state index >= 15 is 0 Å². The minimum absolute atomic E-state index is 0.0598. The molecule has 1 amide bonds. The van der Waals surface area contributed by atoms with Crippen LogP contribution in [-0.2, 0) is 4.79 Å². The first-order valence-electron chi connectivity index (χ1n) is 7.64. The number of nitrogens with zero attached hydrogens (tertiary/aromatic N) is 2. The highest BCUT2D eigenvalue weighted by atomic mass is 16.3. The average Bonchev–Trinajstić information content (AvgIpc) is 3.11. The van der Waals surface area contributed by atoms with Crippen LogP contribution < -0.4 is 5.32 Å². The summed E-state index contributed by atoms with van der Waals surface area (Å²) in [6, 6.07) is 2.25. The Morgan fingerprint density at radius 1 is 1.40 bits per heavy atom. The number of aliphatic hydroxyl groups is 1. The standard InChI is InChI=1S/C15H23N3O2/c1-15(9-16,11-3-4-11)17-14(20)8-18-6-10-2-5-13(19)12(10)7-18/h10-13,19H,2-8H2,1H3,(H,17,20). The molecule has 4 unspecified atom stereocenters. The summed E-state index contributed by atoms with van der Waals surface area (Å²) in [5, 5.41) is 22.1. The molecule has 1 aliphatic heterocycles. The molecule has 1 heterocycles. The second-order valence-corrected chi connectivity index (χ2v) is 6.90. The van der Waals surface area contributed by atoms with Crippen LogP contribution in [0.5, 0.6) is 0 Å². The van der Waals surface area contributed by atoms with Gasteiger partial charge >= 0.3 is 0 Å². The maximum absolute atomic E-state index is 12.1. The van der Waals surface area contributed by atoms with E-state index < -0.39 is 5.54 Å². The third kappa shape index (κ3) is 2.55. The molecule has 0 spiro atoms. The predicted molar refractivity (Wildman–Crippen MR) is 73.5 cm³/mol. The smallest absolute Gasteiger partial charge is 0.235 e. The van der Waals surface area contributed by atoms with E-state index in [1.807, 2.05) is 6.92 Å². The zero-order valence-corrected chi connectivity index (χ0v) is 12.0. The zero-order chi connectivity index (χ0) is 14.3. The van der Waals surface area contributed by atoms with Gasteiger partial charge in [0.05, 0.1) is 18.7 Å². The fraction of sp³-hybridized carbons (Fsp3) is 0.867. The van der Waals surface area contributed by atoms with Crippen molar-refractivity contribution in [2.24, 2.45) is 17.8 Å². The van der Waals surface area contributed by atoms with Crippen LogP contribution in [0.1, 0.15) is 32.6 Å². The summed E-state index contributed by atoms with van der Waals surface area (Å²) in [6.07, 6.45) is 3.85. The van der Waals surface area contributed by atoms with Crippen molar-refractivity contribution in [3.63, 3.8) is 0 Å². The van der Waals surface area contributed by atoms with E-state index in [0.717, 1.165) is 38.8 Å². The molecule has 2 N–H and O–H groups in total. The summed E-state index contributed by atoms with van der Waals surface area (Å²) in [4.78, 5) is 14.3. The first-order chi connectivity index (χ1) is 9.51. The number of nitrogens with one attached hydrogen (secondary N) is 1. The topological polar surface area (TPSA) is 76.4 Å². The highest BCUT2D eigenvalue weighted by Gasteiger charge is 2.45. The summed E-state index contributed by atoms with van der Waals surface area (Å²) in [5.41, 5.74) is -0.702. The molecule has 2 saturated carbocycles.